The topological polar surface area (TPSA) is 262 Å². The van der Waals surface area contributed by atoms with Crippen LogP contribution in [0.5, 0.6) is 0 Å². The maximum absolute atomic E-state index is 15.3. The Hall–Kier alpha value is -6.57. The molecule has 18 nitrogen and oxygen atoms in total. The smallest absolute Gasteiger partial charge is 0.343 e. The second-order valence-corrected chi connectivity index (χ2v) is 16.6. The maximum atomic E-state index is 15.3. The van der Waals surface area contributed by atoms with Crippen molar-refractivity contribution in [2.24, 2.45) is 11.7 Å². The molecule has 4 aromatic rings. The first kappa shape index (κ1) is 44.1. The minimum absolute atomic E-state index is 0.0182. The molecule has 0 unspecified atom stereocenters. The molecule has 0 saturated heterocycles. The fourth-order valence-electron chi connectivity index (χ4n) is 9.05. The summed E-state index contributed by atoms with van der Waals surface area (Å²) < 4.78 is 27.9. The van der Waals surface area contributed by atoms with Gasteiger partial charge in [-0.25, -0.2) is 14.2 Å². The molecule has 0 spiro atoms. The Morgan fingerprint density at radius 2 is 1.77 bits per heavy atom. The van der Waals surface area contributed by atoms with Gasteiger partial charge in [0.2, 0.25) is 29.5 Å². The van der Waals surface area contributed by atoms with Gasteiger partial charge in [0.25, 0.3) is 5.56 Å². The summed E-state index contributed by atoms with van der Waals surface area (Å²) in [6.45, 7) is 1.93. The Labute approximate surface area is 365 Å². The lowest BCUT2D eigenvalue weighted by molar-refractivity contribution is -0.172. The van der Waals surface area contributed by atoms with E-state index in [1.54, 1.807) is 44.2 Å². The van der Waals surface area contributed by atoms with E-state index in [0.717, 1.165) is 22.1 Å². The van der Waals surface area contributed by atoms with Crippen molar-refractivity contribution >= 4 is 46.4 Å². The van der Waals surface area contributed by atoms with Crippen molar-refractivity contribution in [1.82, 2.24) is 36.1 Å². The number of nitrogens with one attached hydrogen (secondary N) is 5. The van der Waals surface area contributed by atoms with E-state index in [9.17, 15) is 38.7 Å². The number of pyridine rings is 2. The highest BCUT2D eigenvalue weighted by Gasteiger charge is 2.46. The Morgan fingerprint density at radius 1 is 1.02 bits per heavy atom. The highest BCUT2D eigenvalue weighted by Crippen LogP contribution is 2.46. The Balaban J connectivity index is 0.883. The summed E-state index contributed by atoms with van der Waals surface area (Å²) in [5.74, 6) is -4.15. The van der Waals surface area contributed by atoms with Crippen LogP contribution in [0.3, 0.4) is 0 Å². The van der Waals surface area contributed by atoms with E-state index in [-0.39, 0.29) is 69.0 Å². The quantitative estimate of drug-likeness (QED) is 0.0558. The summed E-state index contributed by atoms with van der Waals surface area (Å²) in [7, 11) is 0. The van der Waals surface area contributed by atoms with E-state index in [1.807, 2.05) is 6.07 Å². The van der Waals surface area contributed by atoms with Crippen LogP contribution < -0.4 is 37.9 Å². The first-order chi connectivity index (χ1) is 30.7. The predicted octanol–water partition coefficient (Wildman–Crippen LogP) is 0.418. The number of aromatic nitrogens is 2. The Kier molecular flexibility index (Phi) is 12.3. The lowest BCUT2D eigenvalue weighted by atomic mass is 9.79. The number of aliphatic hydroxyl groups is 1. The fourth-order valence-corrected chi connectivity index (χ4v) is 9.05. The van der Waals surface area contributed by atoms with E-state index in [0.29, 0.717) is 53.7 Å². The predicted molar refractivity (Wildman–Crippen MR) is 226 cm³/mol. The number of benzene rings is 2. The van der Waals surface area contributed by atoms with E-state index in [4.69, 9.17) is 20.2 Å². The largest absolute Gasteiger partial charge is 0.458 e. The van der Waals surface area contributed by atoms with Crippen LogP contribution in [0.1, 0.15) is 77.6 Å². The van der Waals surface area contributed by atoms with Crippen LogP contribution >= 0.6 is 0 Å². The normalized spacial score (nSPS) is 20.7. The number of fused-ring (bicyclic) bond motifs is 5. The van der Waals surface area contributed by atoms with Crippen LogP contribution in [0.25, 0.3) is 22.3 Å². The summed E-state index contributed by atoms with van der Waals surface area (Å²) in [6.07, 6.45) is 1.51. The summed E-state index contributed by atoms with van der Waals surface area (Å²) in [6, 6.07) is 10.4. The Bertz CT molecular complexity index is 2650. The van der Waals surface area contributed by atoms with Crippen LogP contribution in [0.2, 0.25) is 0 Å². The van der Waals surface area contributed by atoms with E-state index in [1.165, 1.54) is 10.6 Å². The van der Waals surface area contributed by atoms with E-state index >= 15 is 4.39 Å². The number of amides is 5. The van der Waals surface area contributed by atoms with Gasteiger partial charge in [-0.1, -0.05) is 37.3 Å². The number of rotatable bonds is 15. The van der Waals surface area contributed by atoms with Gasteiger partial charge in [0.05, 0.1) is 60.8 Å². The average Bonchev–Trinajstić information content (AvgIpc) is 3.64. The number of nitrogens with two attached hydrogens (primary N) is 1. The first-order valence-electron chi connectivity index (χ1n) is 21.3. The zero-order chi connectivity index (χ0) is 45.4. The highest BCUT2D eigenvalue weighted by molar-refractivity contribution is 5.95. The van der Waals surface area contributed by atoms with E-state index in [2.05, 4.69) is 26.6 Å². The SMILES string of the molecule is CC[C@@]1(O)C(=O)OCc2c1cc1n(c2=O)Cc2c-1nc1cc(F)c(C)c3c1c2[C@@H](NC(=O)C1CC(OCNC(=O)CNC(=O)[C@H](Cc2ccccc2)NC(=O)CNC(=O)CN)C1)CC3. The third-order valence-electron chi connectivity index (χ3n) is 12.7. The highest BCUT2D eigenvalue weighted by atomic mass is 19.1. The number of aryl methyl sites for hydroxylation is 1. The molecule has 4 heterocycles. The minimum atomic E-state index is -2.01. The monoisotopic (exact) mass is 880 g/mol. The zero-order valence-electron chi connectivity index (χ0n) is 35.3. The third kappa shape index (κ3) is 8.33. The molecule has 1 fully saturated rings. The number of ether oxygens (including phenoxy) is 2. The molecule has 64 heavy (non-hydrogen) atoms. The van der Waals surface area contributed by atoms with Gasteiger partial charge in [-0.3, -0.25) is 28.8 Å². The summed E-state index contributed by atoms with van der Waals surface area (Å²) in [5, 5.41) is 25.3. The van der Waals surface area contributed by atoms with Crippen molar-refractivity contribution < 1.29 is 47.7 Å². The number of nitrogens with zero attached hydrogens (tertiary/aromatic N) is 2. The molecule has 0 radical (unpaired) electrons. The van der Waals surface area contributed by atoms with Crippen LogP contribution in [-0.4, -0.2) is 88.7 Å². The van der Waals surface area contributed by atoms with E-state index < -0.39 is 71.1 Å². The van der Waals surface area contributed by atoms with Crippen LogP contribution in [0.15, 0.2) is 47.3 Å². The maximum Gasteiger partial charge on any atom is 0.343 e. The first-order valence-corrected chi connectivity index (χ1v) is 21.3. The van der Waals surface area contributed by atoms with Crippen LogP contribution in [-0.2, 0) is 69.8 Å². The van der Waals surface area contributed by atoms with Gasteiger partial charge in [0, 0.05) is 34.9 Å². The van der Waals surface area contributed by atoms with Gasteiger partial charge in [-0.05, 0) is 67.3 Å². The van der Waals surface area contributed by atoms with Crippen molar-refractivity contribution in [3.05, 3.63) is 97.6 Å². The number of hydrogen-bond acceptors (Lipinski definition) is 12. The lowest BCUT2D eigenvalue weighted by Crippen LogP contribution is -2.52. The lowest BCUT2D eigenvalue weighted by Gasteiger charge is -2.36. The van der Waals surface area contributed by atoms with Gasteiger partial charge in [-0.2, -0.15) is 0 Å². The molecule has 3 atom stereocenters. The minimum Gasteiger partial charge on any atom is -0.458 e. The van der Waals surface area contributed by atoms with Crippen LogP contribution in [0, 0.1) is 18.7 Å². The zero-order valence-corrected chi connectivity index (χ0v) is 35.3. The second-order valence-electron chi connectivity index (χ2n) is 16.6. The number of esters is 1. The standard InChI is InChI=1S/C45H49FN8O10/c1-3-45(62)29-14-34-40-27(19-54(34)43(60)28(29)20-63-44(45)61)39-31(10-9-26-22(2)30(46)15-32(52-40)38(26)39)53-41(58)24-12-25(13-24)64-21-50-36(56)17-49-42(59)33(11-23-7-5-4-6-8-23)51-37(57)18-48-35(55)16-47/h4-8,14-15,24-25,31,33,62H,3,9-13,16-21,47H2,1-2H3,(H,48,55)(H,49,59)(H,50,56)(H,51,57)(H,53,58)/t24?,25?,31-,33-,45-/m0/s1. The fraction of sp³-hybridized carbons (Fsp3) is 0.422. The molecule has 19 heteroatoms. The van der Waals surface area contributed by atoms with Crippen LogP contribution in [0.4, 0.5) is 4.39 Å². The molecule has 2 aliphatic heterocycles. The Morgan fingerprint density at radius 3 is 2.50 bits per heavy atom. The molecular formula is C45H49FN8O10. The van der Waals surface area contributed by atoms with Crippen molar-refractivity contribution in [1.29, 1.82) is 0 Å². The molecule has 5 amide bonds. The van der Waals surface area contributed by atoms with Gasteiger partial charge in [0.15, 0.2) is 5.60 Å². The van der Waals surface area contributed by atoms with Crippen molar-refractivity contribution in [2.75, 3.05) is 26.4 Å². The molecule has 336 valence electrons. The van der Waals surface area contributed by atoms with Crippen molar-refractivity contribution in [3.63, 3.8) is 0 Å². The number of hydrogen-bond donors (Lipinski definition) is 7. The molecular weight excluding hydrogens is 832 g/mol. The molecule has 2 aliphatic carbocycles. The molecule has 1 saturated carbocycles. The van der Waals surface area contributed by atoms with Gasteiger partial charge < -0.3 is 51.5 Å². The molecule has 0 bridgehead atoms. The summed E-state index contributed by atoms with van der Waals surface area (Å²) >= 11 is 0. The summed E-state index contributed by atoms with van der Waals surface area (Å²) in [5.41, 5.74) is 7.83. The van der Waals surface area contributed by atoms with Gasteiger partial charge in [0.1, 0.15) is 25.2 Å². The number of halogens is 1. The number of carbonyl (C=O) groups is 6. The second kappa shape index (κ2) is 17.9. The molecule has 8 rings (SSSR count). The summed E-state index contributed by atoms with van der Waals surface area (Å²) in [4.78, 5) is 95.0. The van der Waals surface area contributed by atoms with Gasteiger partial charge in [-0.15, -0.1) is 0 Å². The molecule has 4 aliphatic rings. The average molecular weight is 881 g/mol. The molecule has 8 N–H and O–H groups in total. The molecule has 2 aromatic heterocycles. The third-order valence-corrected chi connectivity index (χ3v) is 12.7. The number of carbonyl (C=O) groups excluding carboxylic acids is 6. The van der Waals surface area contributed by atoms with Crippen molar-refractivity contribution in [2.45, 2.75) is 89.3 Å². The van der Waals surface area contributed by atoms with Gasteiger partial charge >= 0.3 is 5.97 Å². The molecule has 2 aromatic carbocycles. The number of cyclic esters (lactones) is 1. The van der Waals surface area contributed by atoms with Crippen molar-refractivity contribution in [3.8, 4) is 11.4 Å².